The highest BCUT2D eigenvalue weighted by atomic mass is 16.2. The lowest BCUT2D eigenvalue weighted by Crippen LogP contribution is -2.39. The Labute approximate surface area is 124 Å². The van der Waals surface area contributed by atoms with Crippen LogP contribution in [0.3, 0.4) is 0 Å². The van der Waals surface area contributed by atoms with Crippen molar-refractivity contribution in [3.8, 4) is 0 Å². The number of carbonyl (C=O) groups excluding carboxylic acids is 1. The van der Waals surface area contributed by atoms with Crippen LogP contribution in [0.4, 0.5) is 0 Å². The molecular formula is C14H24N4O3. The molecule has 1 aromatic heterocycles. The van der Waals surface area contributed by atoms with Gasteiger partial charge in [0.2, 0.25) is 5.91 Å². The lowest BCUT2D eigenvalue weighted by molar-refractivity contribution is -0.121. The van der Waals surface area contributed by atoms with Gasteiger partial charge in [0.25, 0.3) is 5.56 Å². The molecule has 2 N–H and O–H groups in total. The van der Waals surface area contributed by atoms with Gasteiger partial charge < -0.3 is 10.6 Å². The number of nitrogens with zero attached hydrogens (tertiary/aromatic N) is 2. The summed E-state index contributed by atoms with van der Waals surface area (Å²) in [6, 6.07) is 1.42. The molecule has 118 valence electrons. The molecule has 7 heteroatoms. The van der Waals surface area contributed by atoms with E-state index in [9.17, 15) is 14.4 Å². The van der Waals surface area contributed by atoms with Crippen LogP contribution in [0, 0.1) is 5.92 Å². The predicted octanol–water partition coefficient (Wildman–Crippen LogP) is -0.664. The largest absolute Gasteiger partial charge is 0.356 e. The maximum Gasteiger partial charge on any atom is 0.330 e. The first-order valence-electron chi connectivity index (χ1n) is 7.06. The first-order chi connectivity index (χ1) is 9.82. The molecular weight excluding hydrogens is 272 g/mol. The molecule has 0 saturated carbocycles. The molecule has 1 rings (SSSR count). The average molecular weight is 296 g/mol. The smallest absolute Gasteiger partial charge is 0.330 e. The van der Waals surface area contributed by atoms with Gasteiger partial charge in [0.05, 0.1) is 0 Å². The second kappa shape index (κ2) is 7.78. The second-order valence-corrected chi connectivity index (χ2v) is 5.50. The topological polar surface area (TPSA) is 85.1 Å². The Balaban J connectivity index is 2.45. The highest BCUT2D eigenvalue weighted by molar-refractivity contribution is 5.76. The van der Waals surface area contributed by atoms with Crippen LogP contribution < -0.4 is 21.9 Å². The quantitative estimate of drug-likeness (QED) is 0.654. The SMILES string of the molecule is CC(C)CNC(=O)CCNCc1cc(=O)n(C)c(=O)n1C. The highest BCUT2D eigenvalue weighted by Crippen LogP contribution is 1.91. The summed E-state index contributed by atoms with van der Waals surface area (Å²) in [5, 5.41) is 5.90. The van der Waals surface area contributed by atoms with Gasteiger partial charge in [0.1, 0.15) is 0 Å². The molecule has 0 fully saturated rings. The third-order valence-electron chi connectivity index (χ3n) is 3.17. The van der Waals surface area contributed by atoms with E-state index in [2.05, 4.69) is 10.6 Å². The molecule has 0 aliphatic carbocycles. The van der Waals surface area contributed by atoms with E-state index >= 15 is 0 Å². The monoisotopic (exact) mass is 296 g/mol. The van der Waals surface area contributed by atoms with E-state index in [0.29, 0.717) is 37.7 Å². The first kappa shape index (κ1) is 17.2. The summed E-state index contributed by atoms with van der Waals surface area (Å²) < 4.78 is 2.48. The van der Waals surface area contributed by atoms with Crippen LogP contribution >= 0.6 is 0 Å². The van der Waals surface area contributed by atoms with Gasteiger partial charge in [0.15, 0.2) is 0 Å². The first-order valence-corrected chi connectivity index (χ1v) is 7.06. The summed E-state index contributed by atoms with van der Waals surface area (Å²) in [5.41, 5.74) is -0.0794. The van der Waals surface area contributed by atoms with Crippen molar-refractivity contribution < 1.29 is 4.79 Å². The van der Waals surface area contributed by atoms with Crippen LogP contribution in [0.1, 0.15) is 26.0 Å². The van der Waals surface area contributed by atoms with Gasteiger partial charge in [-0.3, -0.25) is 18.7 Å². The van der Waals surface area contributed by atoms with E-state index in [1.165, 1.54) is 17.7 Å². The fraction of sp³-hybridized carbons (Fsp3) is 0.643. The van der Waals surface area contributed by atoms with E-state index in [1.54, 1.807) is 7.05 Å². The lowest BCUT2D eigenvalue weighted by Gasteiger charge is -2.11. The van der Waals surface area contributed by atoms with Gasteiger partial charge in [-0.15, -0.1) is 0 Å². The van der Waals surface area contributed by atoms with Crippen LogP contribution in [-0.4, -0.2) is 28.1 Å². The number of rotatable bonds is 7. The van der Waals surface area contributed by atoms with Crippen LogP contribution in [0.2, 0.25) is 0 Å². The Bertz CT molecular complexity index is 601. The molecule has 0 radical (unpaired) electrons. The lowest BCUT2D eigenvalue weighted by atomic mass is 10.2. The summed E-state index contributed by atoms with van der Waals surface area (Å²) in [5.74, 6) is 0.422. The Kier molecular flexibility index (Phi) is 6.36. The average Bonchev–Trinajstić information content (AvgIpc) is 2.44. The Morgan fingerprint density at radius 1 is 1.24 bits per heavy atom. The number of amides is 1. The van der Waals surface area contributed by atoms with Gasteiger partial charge in [-0.05, 0) is 5.92 Å². The molecule has 0 unspecified atom stereocenters. The molecule has 1 heterocycles. The number of nitrogens with one attached hydrogen (secondary N) is 2. The number of aromatic nitrogens is 2. The second-order valence-electron chi connectivity index (χ2n) is 5.50. The summed E-state index contributed by atoms with van der Waals surface area (Å²) in [6.07, 6.45) is 0.367. The standard InChI is InChI=1S/C14H24N4O3/c1-10(2)8-16-12(19)5-6-15-9-11-7-13(20)18(4)14(21)17(11)3/h7,10,15H,5-6,8-9H2,1-4H3,(H,16,19). The van der Waals surface area contributed by atoms with Gasteiger partial charge in [-0.2, -0.15) is 0 Å². The number of carbonyl (C=O) groups is 1. The summed E-state index contributed by atoms with van der Waals surface area (Å²) in [6.45, 7) is 5.61. The normalized spacial score (nSPS) is 10.9. The summed E-state index contributed by atoms with van der Waals surface area (Å²) >= 11 is 0. The molecule has 7 nitrogen and oxygen atoms in total. The van der Waals surface area contributed by atoms with Crippen LogP contribution in [0.5, 0.6) is 0 Å². The zero-order chi connectivity index (χ0) is 16.0. The third-order valence-corrected chi connectivity index (χ3v) is 3.17. The minimum atomic E-state index is -0.353. The number of hydrogen-bond acceptors (Lipinski definition) is 4. The zero-order valence-electron chi connectivity index (χ0n) is 13.1. The molecule has 0 saturated heterocycles. The molecule has 21 heavy (non-hydrogen) atoms. The minimum absolute atomic E-state index is 0.00550. The van der Waals surface area contributed by atoms with E-state index in [1.807, 2.05) is 13.8 Å². The molecule has 1 amide bonds. The highest BCUT2D eigenvalue weighted by Gasteiger charge is 2.06. The van der Waals surface area contributed by atoms with E-state index < -0.39 is 0 Å². The molecule has 0 aliphatic heterocycles. The van der Waals surface area contributed by atoms with Crippen molar-refractivity contribution in [3.05, 3.63) is 32.6 Å². The van der Waals surface area contributed by atoms with Gasteiger partial charge >= 0.3 is 5.69 Å². The van der Waals surface area contributed by atoms with Crippen molar-refractivity contribution in [2.75, 3.05) is 13.1 Å². The molecule has 0 spiro atoms. The van der Waals surface area contributed by atoms with Gasteiger partial charge in [0, 0.05) is 51.9 Å². The van der Waals surface area contributed by atoms with Crippen molar-refractivity contribution in [1.82, 2.24) is 19.8 Å². The predicted molar refractivity (Wildman–Crippen MR) is 81.1 cm³/mol. The molecule has 1 aromatic rings. The van der Waals surface area contributed by atoms with Crippen molar-refractivity contribution in [2.45, 2.75) is 26.8 Å². The van der Waals surface area contributed by atoms with Crippen LogP contribution in [0.15, 0.2) is 15.7 Å². The number of hydrogen-bond donors (Lipinski definition) is 2. The van der Waals surface area contributed by atoms with E-state index in [4.69, 9.17) is 0 Å². The minimum Gasteiger partial charge on any atom is -0.356 e. The molecule has 0 atom stereocenters. The van der Waals surface area contributed by atoms with E-state index in [0.717, 1.165) is 4.57 Å². The summed E-state index contributed by atoms with van der Waals surface area (Å²) in [7, 11) is 3.06. The van der Waals surface area contributed by atoms with Gasteiger partial charge in [-0.25, -0.2) is 4.79 Å². The maximum atomic E-state index is 11.7. The molecule has 0 aliphatic rings. The Morgan fingerprint density at radius 3 is 2.52 bits per heavy atom. The molecule has 0 aromatic carbocycles. The van der Waals surface area contributed by atoms with Crippen LogP contribution in [0.25, 0.3) is 0 Å². The summed E-state index contributed by atoms with van der Waals surface area (Å²) in [4.78, 5) is 34.8. The van der Waals surface area contributed by atoms with Crippen molar-refractivity contribution in [2.24, 2.45) is 20.0 Å². The van der Waals surface area contributed by atoms with Crippen molar-refractivity contribution in [1.29, 1.82) is 0 Å². The van der Waals surface area contributed by atoms with Crippen molar-refractivity contribution in [3.63, 3.8) is 0 Å². The Morgan fingerprint density at radius 2 is 1.90 bits per heavy atom. The maximum absolute atomic E-state index is 11.7. The van der Waals surface area contributed by atoms with Gasteiger partial charge in [-0.1, -0.05) is 13.8 Å². The third kappa shape index (κ3) is 5.18. The van der Waals surface area contributed by atoms with E-state index in [-0.39, 0.29) is 17.2 Å². The Hall–Kier alpha value is -1.89. The fourth-order valence-corrected chi connectivity index (χ4v) is 1.77. The zero-order valence-corrected chi connectivity index (χ0v) is 13.1. The molecule has 0 bridgehead atoms. The van der Waals surface area contributed by atoms with Crippen molar-refractivity contribution >= 4 is 5.91 Å². The van der Waals surface area contributed by atoms with Crippen LogP contribution in [-0.2, 0) is 25.4 Å². The fourth-order valence-electron chi connectivity index (χ4n) is 1.77.